The van der Waals surface area contributed by atoms with Crippen LogP contribution in [0.15, 0.2) is 48.5 Å². The van der Waals surface area contributed by atoms with E-state index < -0.39 is 5.91 Å². The molecule has 0 spiro atoms. The van der Waals surface area contributed by atoms with Gasteiger partial charge in [0.1, 0.15) is 5.75 Å². The molecule has 0 aliphatic carbocycles. The molecule has 0 fully saturated rings. The molecule has 2 N–H and O–H groups in total. The summed E-state index contributed by atoms with van der Waals surface area (Å²) in [6, 6.07) is 13.8. The maximum Gasteiger partial charge on any atom is 0.271 e. The van der Waals surface area contributed by atoms with Crippen LogP contribution < -0.4 is 15.6 Å². The summed E-state index contributed by atoms with van der Waals surface area (Å²) >= 11 is 5.91. The number of hydrogen-bond donors (Lipinski definition) is 2. The van der Waals surface area contributed by atoms with E-state index in [1.165, 1.54) is 7.11 Å². The number of hydrazine groups is 1. The van der Waals surface area contributed by atoms with E-state index in [-0.39, 0.29) is 12.3 Å². The van der Waals surface area contributed by atoms with E-state index >= 15 is 0 Å². The highest BCUT2D eigenvalue weighted by Gasteiger charge is 2.12. The number of ether oxygens (including phenoxy) is 1. The van der Waals surface area contributed by atoms with E-state index in [0.29, 0.717) is 16.3 Å². The molecule has 5 nitrogen and oxygen atoms in total. The summed E-state index contributed by atoms with van der Waals surface area (Å²) in [6.07, 6.45) is 0.0901. The number of rotatable bonds is 4. The van der Waals surface area contributed by atoms with Crippen molar-refractivity contribution >= 4 is 23.4 Å². The Kier molecular flexibility index (Phi) is 5.38. The predicted octanol–water partition coefficient (Wildman–Crippen LogP) is 2.35. The van der Waals surface area contributed by atoms with Gasteiger partial charge < -0.3 is 4.74 Å². The molecule has 0 aromatic heterocycles. The Labute approximate surface area is 133 Å². The van der Waals surface area contributed by atoms with Crippen LogP contribution in [0.4, 0.5) is 0 Å². The van der Waals surface area contributed by atoms with E-state index in [1.54, 1.807) is 36.4 Å². The molecule has 114 valence electrons. The fourth-order valence-electron chi connectivity index (χ4n) is 1.91. The van der Waals surface area contributed by atoms with Crippen LogP contribution in [0.5, 0.6) is 5.75 Å². The summed E-state index contributed by atoms with van der Waals surface area (Å²) in [5.74, 6) is -0.209. The Morgan fingerprint density at radius 1 is 1.05 bits per heavy atom. The summed E-state index contributed by atoms with van der Waals surface area (Å²) in [4.78, 5) is 23.8. The third-order valence-corrected chi connectivity index (χ3v) is 3.31. The number of benzene rings is 2. The highest BCUT2D eigenvalue weighted by atomic mass is 35.5. The van der Waals surface area contributed by atoms with Gasteiger partial charge in [0.2, 0.25) is 5.91 Å². The van der Waals surface area contributed by atoms with Gasteiger partial charge >= 0.3 is 0 Å². The van der Waals surface area contributed by atoms with Crippen molar-refractivity contribution in [3.8, 4) is 5.75 Å². The van der Waals surface area contributed by atoms with Crippen molar-refractivity contribution in [2.75, 3.05) is 7.11 Å². The second-order valence-corrected chi connectivity index (χ2v) is 4.88. The van der Waals surface area contributed by atoms with Crippen molar-refractivity contribution in [3.63, 3.8) is 0 Å². The maximum absolute atomic E-state index is 11.9. The third kappa shape index (κ3) is 3.99. The zero-order chi connectivity index (χ0) is 15.9. The van der Waals surface area contributed by atoms with E-state index in [1.807, 2.05) is 12.1 Å². The number of para-hydroxylation sites is 1. The summed E-state index contributed by atoms with van der Waals surface area (Å²) in [7, 11) is 1.54. The number of carbonyl (C=O) groups excluding carboxylic acids is 2. The minimum Gasteiger partial charge on any atom is -0.496 e. The lowest BCUT2D eigenvalue weighted by Crippen LogP contribution is -2.42. The molecule has 2 amide bonds. The van der Waals surface area contributed by atoms with Crippen LogP contribution in [0.3, 0.4) is 0 Å². The van der Waals surface area contributed by atoms with E-state index in [0.717, 1.165) is 5.56 Å². The average Bonchev–Trinajstić information content (AvgIpc) is 2.53. The zero-order valence-corrected chi connectivity index (χ0v) is 12.7. The van der Waals surface area contributed by atoms with Crippen LogP contribution in [-0.2, 0) is 11.2 Å². The molecule has 0 heterocycles. The van der Waals surface area contributed by atoms with Gasteiger partial charge in [0, 0.05) is 5.56 Å². The first-order chi connectivity index (χ1) is 10.6. The predicted molar refractivity (Wildman–Crippen MR) is 83.8 cm³/mol. The molecular weight excluding hydrogens is 304 g/mol. The second kappa shape index (κ2) is 7.47. The number of amides is 2. The molecule has 0 aliphatic heterocycles. The van der Waals surface area contributed by atoms with Crippen LogP contribution in [0.2, 0.25) is 5.02 Å². The van der Waals surface area contributed by atoms with E-state index in [4.69, 9.17) is 16.3 Å². The normalized spacial score (nSPS) is 9.91. The van der Waals surface area contributed by atoms with Gasteiger partial charge in [0.05, 0.1) is 24.1 Å². The lowest BCUT2D eigenvalue weighted by molar-refractivity contribution is -0.121. The molecular formula is C16H15ClN2O3. The van der Waals surface area contributed by atoms with Crippen LogP contribution in [0.1, 0.15) is 15.9 Å². The maximum atomic E-state index is 11.9. The van der Waals surface area contributed by atoms with E-state index in [9.17, 15) is 9.59 Å². The average molecular weight is 319 g/mol. The first-order valence-electron chi connectivity index (χ1n) is 6.57. The number of halogens is 1. The lowest BCUT2D eigenvalue weighted by atomic mass is 10.1. The SMILES string of the molecule is COc1ccccc1CC(=O)NNC(=O)c1ccccc1Cl. The van der Waals surface area contributed by atoms with Gasteiger partial charge in [-0.3, -0.25) is 20.4 Å². The molecule has 2 aromatic rings. The van der Waals surface area contributed by atoms with Crippen molar-refractivity contribution in [2.24, 2.45) is 0 Å². The third-order valence-electron chi connectivity index (χ3n) is 2.98. The Morgan fingerprint density at radius 2 is 1.73 bits per heavy atom. The van der Waals surface area contributed by atoms with Gasteiger partial charge in [0.15, 0.2) is 0 Å². The van der Waals surface area contributed by atoms with E-state index in [2.05, 4.69) is 10.9 Å². The standard InChI is InChI=1S/C16H15ClN2O3/c1-22-14-9-5-2-6-11(14)10-15(20)18-19-16(21)12-7-3-4-8-13(12)17/h2-9H,10H2,1H3,(H,18,20)(H,19,21). The van der Waals surface area contributed by atoms with Gasteiger partial charge in [-0.05, 0) is 18.2 Å². The number of carbonyl (C=O) groups is 2. The first kappa shape index (κ1) is 15.9. The van der Waals surface area contributed by atoms with Crippen molar-refractivity contribution < 1.29 is 14.3 Å². The summed E-state index contributed by atoms with van der Waals surface area (Å²) in [6.45, 7) is 0. The van der Waals surface area contributed by atoms with Crippen LogP contribution in [-0.4, -0.2) is 18.9 Å². The molecule has 2 aromatic carbocycles. The van der Waals surface area contributed by atoms with Gasteiger partial charge in [-0.15, -0.1) is 0 Å². The summed E-state index contributed by atoms with van der Waals surface area (Å²) in [5.41, 5.74) is 5.71. The quantitative estimate of drug-likeness (QED) is 0.850. The smallest absolute Gasteiger partial charge is 0.271 e. The Hall–Kier alpha value is -2.53. The lowest BCUT2D eigenvalue weighted by Gasteiger charge is -2.10. The van der Waals surface area contributed by atoms with Crippen LogP contribution in [0.25, 0.3) is 0 Å². The summed E-state index contributed by atoms with van der Waals surface area (Å²) in [5, 5.41) is 0.318. The van der Waals surface area contributed by atoms with Crippen molar-refractivity contribution in [1.82, 2.24) is 10.9 Å². The molecule has 6 heteroatoms. The molecule has 0 bridgehead atoms. The molecule has 22 heavy (non-hydrogen) atoms. The fourth-order valence-corrected chi connectivity index (χ4v) is 2.13. The Balaban J connectivity index is 1.93. The van der Waals surface area contributed by atoms with Crippen LogP contribution >= 0.6 is 11.6 Å². The molecule has 0 atom stereocenters. The zero-order valence-electron chi connectivity index (χ0n) is 11.9. The number of methoxy groups -OCH3 is 1. The van der Waals surface area contributed by atoms with Crippen molar-refractivity contribution in [2.45, 2.75) is 6.42 Å². The largest absolute Gasteiger partial charge is 0.496 e. The van der Waals surface area contributed by atoms with Gasteiger partial charge in [-0.1, -0.05) is 41.9 Å². The molecule has 0 radical (unpaired) electrons. The number of nitrogens with one attached hydrogen (secondary N) is 2. The first-order valence-corrected chi connectivity index (χ1v) is 6.95. The minimum atomic E-state index is -0.473. The molecule has 0 aliphatic rings. The van der Waals surface area contributed by atoms with Gasteiger partial charge in [0.25, 0.3) is 5.91 Å². The highest BCUT2D eigenvalue weighted by Crippen LogP contribution is 2.17. The van der Waals surface area contributed by atoms with Crippen LogP contribution in [0, 0.1) is 0 Å². The minimum absolute atomic E-state index is 0.0901. The molecule has 2 rings (SSSR count). The molecule has 0 saturated heterocycles. The van der Waals surface area contributed by atoms with Crippen molar-refractivity contribution in [3.05, 3.63) is 64.7 Å². The topological polar surface area (TPSA) is 67.4 Å². The number of hydrogen-bond acceptors (Lipinski definition) is 3. The fraction of sp³-hybridized carbons (Fsp3) is 0.125. The Morgan fingerprint density at radius 3 is 2.45 bits per heavy atom. The molecule has 0 saturated carbocycles. The Bertz CT molecular complexity index is 689. The molecule has 0 unspecified atom stereocenters. The van der Waals surface area contributed by atoms with Crippen molar-refractivity contribution in [1.29, 1.82) is 0 Å². The van der Waals surface area contributed by atoms with Gasteiger partial charge in [-0.25, -0.2) is 0 Å². The van der Waals surface area contributed by atoms with Gasteiger partial charge in [-0.2, -0.15) is 0 Å². The monoisotopic (exact) mass is 318 g/mol. The highest BCUT2D eigenvalue weighted by molar-refractivity contribution is 6.33. The summed E-state index contributed by atoms with van der Waals surface area (Å²) < 4.78 is 5.17. The second-order valence-electron chi connectivity index (χ2n) is 4.47.